The van der Waals surface area contributed by atoms with E-state index in [0.29, 0.717) is 24.7 Å². The number of amides is 1. The molecule has 0 aromatic heterocycles. The monoisotopic (exact) mass is 297 g/mol. The molecule has 0 aromatic carbocycles. The molecule has 2 aliphatic rings. The van der Waals surface area contributed by atoms with Gasteiger partial charge in [0.15, 0.2) is 0 Å². The van der Waals surface area contributed by atoms with Crippen LogP contribution in [-0.4, -0.2) is 29.3 Å². The van der Waals surface area contributed by atoms with E-state index < -0.39 is 23.1 Å². The van der Waals surface area contributed by atoms with Crippen molar-refractivity contribution in [2.24, 2.45) is 17.3 Å². The van der Waals surface area contributed by atoms with Gasteiger partial charge in [-0.2, -0.15) is 0 Å². The molecule has 2 N–H and O–H groups in total. The molecule has 120 valence electrons. The molecule has 0 aliphatic heterocycles. The molecular weight excluding hydrogens is 270 g/mol. The second-order valence-electron chi connectivity index (χ2n) is 7.74. The van der Waals surface area contributed by atoms with Crippen molar-refractivity contribution >= 4 is 12.1 Å². The zero-order valence-electron chi connectivity index (χ0n) is 13.3. The van der Waals surface area contributed by atoms with Crippen LogP contribution < -0.4 is 5.32 Å². The standard InChI is InChI=1S/C16H27NO4/c1-15(2,3)21-14(20)17-10-16(13(18)19,8-11-4-5-11)9-12-6-7-12/h11-12H,4-10H2,1-3H3,(H,17,20)(H,18,19). The number of carboxylic acids is 1. The van der Waals surface area contributed by atoms with E-state index >= 15 is 0 Å². The molecule has 5 heteroatoms. The number of ether oxygens (including phenoxy) is 1. The Balaban J connectivity index is 1.96. The van der Waals surface area contributed by atoms with E-state index in [0.717, 1.165) is 25.7 Å². The highest BCUT2D eigenvalue weighted by atomic mass is 16.6. The van der Waals surface area contributed by atoms with E-state index in [1.165, 1.54) is 0 Å². The minimum Gasteiger partial charge on any atom is -0.481 e. The Kier molecular flexibility index (Phi) is 4.49. The van der Waals surface area contributed by atoms with Crippen LogP contribution in [-0.2, 0) is 9.53 Å². The van der Waals surface area contributed by atoms with Crippen molar-refractivity contribution in [2.75, 3.05) is 6.54 Å². The van der Waals surface area contributed by atoms with Gasteiger partial charge in [0.2, 0.25) is 0 Å². The van der Waals surface area contributed by atoms with Crippen LogP contribution in [0.2, 0.25) is 0 Å². The van der Waals surface area contributed by atoms with Crippen LogP contribution in [0.1, 0.15) is 59.3 Å². The van der Waals surface area contributed by atoms with Gasteiger partial charge >= 0.3 is 12.1 Å². The Hall–Kier alpha value is -1.26. The molecule has 1 amide bonds. The van der Waals surface area contributed by atoms with Crippen LogP contribution in [0.3, 0.4) is 0 Å². The van der Waals surface area contributed by atoms with E-state index in [1.54, 1.807) is 20.8 Å². The van der Waals surface area contributed by atoms with Gasteiger partial charge in [-0.25, -0.2) is 4.79 Å². The molecule has 5 nitrogen and oxygen atoms in total. The average Bonchev–Trinajstić information content (AvgIpc) is 3.19. The molecule has 21 heavy (non-hydrogen) atoms. The fourth-order valence-electron chi connectivity index (χ4n) is 2.78. The number of hydrogen-bond acceptors (Lipinski definition) is 3. The lowest BCUT2D eigenvalue weighted by Crippen LogP contribution is -2.45. The summed E-state index contributed by atoms with van der Waals surface area (Å²) in [5.41, 5.74) is -1.39. The predicted octanol–water partition coefficient (Wildman–Crippen LogP) is 3.18. The van der Waals surface area contributed by atoms with Crippen molar-refractivity contribution in [3.63, 3.8) is 0 Å². The van der Waals surface area contributed by atoms with Gasteiger partial charge in [-0.1, -0.05) is 25.7 Å². The number of nitrogens with one attached hydrogen (secondary N) is 1. The molecule has 0 atom stereocenters. The Morgan fingerprint density at radius 2 is 1.57 bits per heavy atom. The summed E-state index contributed by atoms with van der Waals surface area (Å²) >= 11 is 0. The normalized spacial score (nSPS) is 19.2. The van der Waals surface area contributed by atoms with E-state index in [9.17, 15) is 14.7 Å². The SMILES string of the molecule is CC(C)(C)OC(=O)NCC(CC1CC1)(CC1CC1)C(=O)O. The van der Waals surface area contributed by atoms with E-state index in [1.807, 2.05) is 0 Å². The predicted molar refractivity (Wildman–Crippen MR) is 79.0 cm³/mol. The first-order chi connectivity index (χ1) is 9.70. The third-order valence-electron chi connectivity index (χ3n) is 4.18. The quantitative estimate of drug-likeness (QED) is 0.756. The smallest absolute Gasteiger partial charge is 0.407 e. The van der Waals surface area contributed by atoms with Gasteiger partial charge in [0.25, 0.3) is 0 Å². The summed E-state index contributed by atoms with van der Waals surface area (Å²) in [6.07, 6.45) is 5.29. The van der Waals surface area contributed by atoms with Crippen molar-refractivity contribution in [1.82, 2.24) is 5.32 Å². The minimum absolute atomic E-state index is 0.171. The molecule has 0 bridgehead atoms. The molecule has 0 radical (unpaired) electrons. The zero-order chi connectivity index (χ0) is 15.7. The van der Waals surface area contributed by atoms with Crippen LogP contribution in [0.5, 0.6) is 0 Å². The lowest BCUT2D eigenvalue weighted by atomic mass is 9.77. The topological polar surface area (TPSA) is 75.6 Å². The van der Waals surface area contributed by atoms with Gasteiger partial charge in [0, 0.05) is 6.54 Å². The van der Waals surface area contributed by atoms with Crippen LogP contribution in [0, 0.1) is 17.3 Å². The molecule has 0 saturated heterocycles. The number of carboxylic acid groups (broad SMARTS) is 1. The maximum Gasteiger partial charge on any atom is 0.407 e. The van der Waals surface area contributed by atoms with Gasteiger partial charge in [-0.3, -0.25) is 4.79 Å². The minimum atomic E-state index is -0.820. The lowest BCUT2D eigenvalue weighted by Gasteiger charge is -2.30. The molecule has 2 rings (SSSR count). The summed E-state index contributed by atoms with van der Waals surface area (Å²) < 4.78 is 5.21. The largest absolute Gasteiger partial charge is 0.481 e. The molecule has 2 saturated carbocycles. The summed E-state index contributed by atoms with van der Waals surface area (Å²) in [5.74, 6) is 0.248. The molecule has 0 aromatic rings. The van der Waals surface area contributed by atoms with Gasteiger partial charge in [0.1, 0.15) is 5.60 Å². The second kappa shape index (κ2) is 5.85. The van der Waals surface area contributed by atoms with E-state index in [4.69, 9.17) is 4.74 Å². The Labute approximate surface area is 126 Å². The number of carbonyl (C=O) groups excluding carboxylic acids is 1. The van der Waals surface area contributed by atoms with Crippen LogP contribution >= 0.6 is 0 Å². The fraction of sp³-hybridized carbons (Fsp3) is 0.875. The summed E-state index contributed by atoms with van der Waals surface area (Å²) in [6, 6.07) is 0. The Morgan fingerprint density at radius 3 is 1.90 bits per heavy atom. The van der Waals surface area contributed by atoms with Crippen LogP contribution in [0.25, 0.3) is 0 Å². The molecule has 0 unspecified atom stereocenters. The number of hydrogen-bond donors (Lipinski definition) is 2. The van der Waals surface area contributed by atoms with Crippen molar-refractivity contribution < 1.29 is 19.4 Å². The third kappa shape index (κ3) is 5.21. The summed E-state index contributed by atoms with van der Waals surface area (Å²) in [7, 11) is 0. The third-order valence-corrected chi connectivity index (χ3v) is 4.18. The highest BCUT2D eigenvalue weighted by molar-refractivity contribution is 5.76. The lowest BCUT2D eigenvalue weighted by molar-refractivity contribution is -0.150. The number of rotatable bonds is 7. The molecule has 2 aliphatic carbocycles. The van der Waals surface area contributed by atoms with E-state index in [2.05, 4.69) is 5.32 Å². The second-order valence-corrected chi connectivity index (χ2v) is 7.74. The molecule has 2 fully saturated rings. The highest BCUT2D eigenvalue weighted by Gasteiger charge is 2.46. The zero-order valence-corrected chi connectivity index (χ0v) is 13.3. The molecule has 0 spiro atoms. The summed E-state index contributed by atoms with van der Waals surface area (Å²) in [5, 5.41) is 12.4. The maximum atomic E-state index is 11.9. The molecule has 0 heterocycles. The highest BCUT2D eigenvalue weighted by Crippen LogP contribution is 2.47. The van der Waals surface area contributed by atoms with Crippen molar-refractivity contribution in [3.05, 3.63) is 0 Å². The van der Waals surface area contributed by atoms with Gasteiger partial charge < -0.3 is 15.2 Å². The number of alkyl carbamates (subject to hydrolysis) is 1. The molecular formula is C16H27NO4. The van der Waals surface area contributed by atoms with Crippen LogP contribution in [0.4, 0.5) is 4.79 Å². The fourth-order valence-corrected chi connectivity index (χ4v) is 2.78. The van der Waals surface area contributed by atoms with Crippen molar-refractivity contribution in [2.45, 2.75) is 64.9 Å². The Morgan fingerprint density at radius 1 is 1.10 bits per heavy atom. The van der Waals surface area contributed by atoms with Gasteiger partial charge in [0.05, 0.1) is 5.41 Å². The first-order valence-corrected chi connectivity index (χ1v) is 7.90. The Bertz CT molecular complexity index is 391. The first-order valence-electron chi connectivity index (χ1n) is 7.90. The van der Waals surface area contributed by atoms with Gasteiger partial charge in [-0.15, -0.1) is 0 Å². The number of carbonyl (C=O) groups is 2. The number of aliphatic carboxylic acids is 1. The maximum absolute atomic E-state index is 11.9. The van der Waals surface area contributed by atoms with E-state index in [-0.39, 0.29) is 6.54 Å². The van der Waals surface area contributed by atoms with Crippen LogP contribution in [0.15, 0.2) is 0 Å². The first kappa shape index (κ1) is 16.1. The summed E-state index contributed by atoms with van der Waals surface area (Å²) in [6.45, 7) is 5.56. The van der Waals surface area contributed by atoms with Crippen molar-refractivity contribution in [3.8, 4) is 0 Å². The summed E-state index contributed by atoms with van der Waals surface area (Å²) in [4.78, 5) is 23.7. The average molecular weight is 297 g/mol. The van der Waals surface area contributed by atoms with Crippen molar-refractivity contribution in [1.29, 1.82) is 0 Å². The van der Waals surface area contributed by atoms with Gasteiger partial charge in [-0.05, 0) is 45.4 Å².